The largest absolute Gasteiger partial charge is 0.381 e. The second kappa shape index (κ2) is 12.6. The van der Waals surface area contributed by atoms with Crippen LogP contribution in [0.5, 0.6) is 0 Å². The third-order valence-corrected chi connectivity index (χ3v) is 13.9. The third-order valence-electron chi connectivity index (χ3n) is 8.69. The molecule has 2 aliphatic heterocycles. The zero-order valence-electron chi connectivity index (χ0n) is 23.9. The Morgan fingerprint density at radius 3 is 1.91 bits per heavy atom. The number of aryl methyl sites for hydroxylation is 1. The summed E-state index contributed by atoms with van der Waals surface area (Å²) >= 11 is 12.6. The van der Waals surface area contributed by atoms with Crippen LogP contribution in [-0.4, -0.2) is 71.9 Å². The van der Waals surface area contributed by atoms with Crippen molar-refractivity contribution in [3.8, 4) is 0 Å². The Kier molecular flexibility index (Phi) is 8.98. The average Bonchev–Trinajstić information content (AvgIpc) is 3.44. The number of carbonyl (C=O) groups excluding carboxylic acids is 1. The number of sulfonamides is 2. The number of piperazine rings is 1. The van der Waals surface area contributed by atoms with Gasteiger partial charge < -0.3 is 9.64 Å². The Bertz CT molecular complexity index is 1700. The number of halogens is 2. The molecule has 3 aliphatic rings. The lowest BCUT2D eigenvalue weighted by molar-refractivity contribution is -0.140. The van der Waals surface area contributed by atoms with Crippen molar-refractivity contribution < 1.29 is 26.4 Å². The molecule has 1 atom stereocenters. The number of carbonyl (C=O) groups is 1. The topological polar surface area (TPSA) is 104 Å². The molecule has 1 unspecified atom stereocenters. The number of benzene rings is 3. The van der Waals surface area contributed by atoms with Gasteiger partial charge in [0, 0.05) is 51.4 Å². The van der Waals surface area contributed by atoms with Gasteiger partial charge in [-0.25, -0.2) is 0 Å². The van der Waals surface area contributed by atoms with Gasteiger partial charge in [0.15, 0.2) is 0 Å². The van der Waals surface area contributed by atoms with Crippen LogP contribution in [0.3, 0.4) is 0 Å². The zero-order valence-corrected chi connectivity index (χ0v) is 27.1. The first kappa shape index (κ1) is 31.3. The van der Waals surface area contributed by atoms with E-state index < -0.39 is 20.0 Å². The van der Waals surface area contributed by atoms with Crippen LogP contribution in [-0.2, 0) is 36.0 Å². The van der Waals surface area contributed by atoms with Crippen molar-refractivity contribution >= 4 is 54.8 Å². The Labute approximate surface area is 268 Å². The highest BCUT2D eigenvalue weighted by atomic mass is 35.5. The first-order chi connectivity index (χ1) is 21.1. The van der Waals surface area contributed by atoms with Crippen LogP contribution in [0, 0.1) is 5.92 Å². The summed E-state index contributed by atoms with van der Waals surface area (Å²) in [5, 5.41) is -0.196. The maximum atomic E-state index is 14.2. The molecule has 2 heterocycles. The molecule has 44 heavy (non-hydrogen) atoms. The maximum absolute atomic E-state index is 14.2. The van der Waals surface area contributed by atoms with E-state index in [1.165, 1.54) is 42.5 Å². The van der Waals surface area contributed by atoms with Gasteiger partial charge in [-0.1, -0.05) is 53.5 Å². The Morgan fingerprint density at radius 2 is 1.34 bits per heavy atom. The van der Waals surface area contributed by atoms with Crippen molar-refractivity contribution in [2.45, 2.75) is 41.5 Å². The first-order valence-electron chi connectivity index (χ1n) is 14.6. The molecule has 0 bridgehead atoms. The molecule has 9 nitrogen and oxygen atoms in total. The fraction of sp³-hybridized carbons (Fsp3) is 0.387. The summed E-state index contributed by atoms with van der Waals surface area (Å²) in [6.45, 7) is 3.79. The summed E-state index contributed by atoms with van der Waals surface area (Å²) < 4.78 is 62.5. The van der Waals surface area contributed by atoms with Gasteiger partial charge in [0.2, 0.25) is 5.91 Å². The predicted octanol–water partition coefficient (Wildman–Crippen LogP) is 5.14. The molecule has 3 aromatic rings. The molecule has 0 aromatic heterocycles. The average molecular weight is 679 g/mol. The van der Waals surface area contributed by atoms with E-state index in [9.17, 15) is 21.6 Å². The molecule has 2 fully saturated rings. The highest BCUT2D eigenvalue weighted by molar-refractivity contribution is 8.10. The Hall–Kier alpha value is -2.67. The van der Waals surface area contributed by atoms with E-state index >= 15 is 0 Å². The van der Waals surface area contributed by atoms with E-state index in [4.69, 9.17) is 27.9 Å². The quantitative estimate of drug-likeness (QED) is 0.341. The SMILES string of the molecule is O=C(C1CCOCC1)N1CCN(C2CCc3ccc(N(S(=O)(=O)c4ccccc4Cl)S(=O)(=O)c4ccccc4Cl)cc32)CC1. The van der Waals surface area contributed by atoms with E-state index in [0.717, 1.165) is 36.8 Å². The van der Waals surface area contributed by atoms with Crippen molar-refractivity contribution in [2.75, 3.05) is 43.1 Å². The van der Waals surface area contributed by atoms with Crippen LogP contribution >= 0.6 is 23.2 Å². The van der Waals surface area contributed by atoms with Crippen molar-refractivity contribution in [1.82, 2.24) is 9.80 Å². The predicted molar refractivity (Wildman–Crippen MR) is 169 cm³/mol. The van der Waals surface area contributed by atoms with Gasteiger partial charge >= 0.3 is 0 Å². The third kappa shape index (κ3) is 5.86. The first-order valence-corrected chi connectivity index (χ1v) is 18.3. The Morgan fingerprint density at radius 1 is 0.773 bits per heavy atom. The van der Waals surface area contributed by atoms with Crippen LogP contribution in [0.25, 0.3) is 0 Å². The molecule has 0 N–H and O–H groups in total. The fourth-order valence-electron chi connectivity index (χ4n) is 6.41. The summed E-state index contributed by atoms with van der Waals surface area (Å²) in [7, 11) is -9.41. The van der Waals surface area contributed by atoms with E-state index in [2.05, 4.69) is 4.90 Å². The molecule has 0 spiro atoms. The highest BCUT2D eigenvalue weighted by Gasteiger charge is 2.41. The molecule has 0 radical (unpaired) electrons. The summed E-state index contributed by atoms with van der Waals surface area (Å²) in [4.78, 5) is 16.7. The standard InChI is InChI=1S/C31H33Cl2N3O6S2/c32-26-5-1-3-7-29(26)43(38,39)36(44(40,41)30-8-4-2-6-27(30)33)24-11-9-22-10-12-28(25(22)21-24)34-15-17-35(18-16-34)31(37)23-13-19-42-20-14-23/h1-9,11,21,23,28H,10,12-20H2. The number of anilines is 1. The molecule has 1 amide bonds. The minimum Gasteiger partial charge on any atom is -0.381 e. The van der Waals surface area contributed by atoms with Crippen molar-refractivity contribution in [1.29, 1.82) is 0 Å². The zero-order chi connectivity index (χ0) is 31.1. The number of fused-ring (bicyclic) bond motifs is 1. The number of amides is 1. The minimum absolute atomic E-state index is 0.0104. The number of hydrogen-bond donors (Lipinski definition) is 0. The maximum Gasteiger partial charge on any atom is 0.279 e. The normalized spacial score (nSPS) is 20.0. The van der Waals surface area contributed by atoms with Crippen LogP contribution < -0.4 is 3.71 Å². The molecule has 3 aromatic carbocycles. The molecule has 6 rings (SSSR count). The summed E-state index contributed by atoms with van der Waals surface area (Å²) in [6, 6.07) is 16.4. The van der Waals surface area contributed by atoms with Crippen molar-refractivity contribution in [3.63, 3.8) is 0 Å². The van der Waals surface area contributed by atoms with E-state index in [0.29, 0.717) is 43.1 Å². The second-order valence-electron chi connectivity index (χ2n) is 11.3. The smallest absolute Gasteiger partial charge is 0.279 e. The van der Waals surface area contributed by atoms with E-state index in [1.807, 2.05) is 4.90 Å². The number of hydrogen-bond acceptors (Lipinski definition) is 7. The summed E-state index contributed by atoms with van der Waals surface area (Å²) in [5.74, 6) is 0.198. The lowest BCUT2D eigenvalue weighted by Crippen LogP contribution is -2.51. The van der Waals surface area contributed by atoms with E-state index in [-0.39, 0.29) is 43.4 Å². The lowest BCUT2D eigenvalue weighted by atomic mass is 9.98. The molecule has 13 heteroatoms. The van der Waals surface area contributed by atoms with Crippen LogP contribution in [0.2, 0.25) is 10.0 Å². The lowest BCUT2D eigenvalue weighted by Gasteiger charge is -2.40. The fourth-order valence-corrected chi connectivity index (χ4v) is 11.1. The monoisotopic (exact) mass is 677 g/mol. The molecule has 2 saturated heterocycles. The summed E-state index contributed by atoms with van der Waals surface area (Å²) in [5.41, 5.74) is 1.88. The molecule has 0 saturated carbocycles. The molecular formula is C31H33Cl2N3O6S2. The summed E-state index contributed by atoms with van der Waals surface area (Å²) in [6.07, 6.45) is 3.09. The van der Waals surface area contributed by atoms with Crippen LogP contribution in [0.1, 0.15) is 36.4 Å². The van der Waals surface area contributed by atoms with Gasteiger partial charge in [-0.05, 0) is 73.2 Å². The Balaban J connectivity index is 1.33. The number of rotatable bonds is 7. The highest BCUT2D eigenvalue weighted by Crippen LogP contribution is 2.42. The van der Waals surface area contributed by atoms with Crippen LogP contribution in [0.4, 0.5) is 5.69 Å². The van der Waals surface area contributed by atoms with Gasteiger partial charge in [-0.15, -0.1) is 0 Å². The minimum atomic E-state index is -4.71. The van der Waals surface area contributed by atoms with Gasteiger partial charge in [0.1, 0.15) is 9.79 Å². The van der Waals surface area contributed by atoms with Gasteiger partial charge in [0.05, 0.1) is 15.7 Å². The van der Waals surface area contributed by atoms with Crippen molar-refractivity contribution in [3.05, 3.63) is 87.9 Å². The van der Waals surface area contributed by atoms with Crippen LogP contribution in [0.15, 0.2) is 76.5 Å². The van der Waals surface area contributed by atoms with Gasteiger partial charge in [0.25, 0.3) is 20.0 Å². The molecule has 234 valence electrons. The van der Waals surface area contributed by atoms with Gasteiger partial charge in [-0.2, -0.15) is 20.5 Å². The number of ether oxygens (including phenoxy) is 1. The van der Waals surface area contributed by atoms with Gasteiger partial charge in [-0.3, -0.25) is 9.69 Å². The van der Waals surface area contributed by atoms with Crippen molar-refractivity contribution in [2.24, 2.45) is 5.92 Å². The molecular weight excluding hydrogens is 645 g/mol. The second-order valence-corrected chi connectivity index (χ2v) is 15.8. The number of nitrogens with zero attached hydrogens (tertiary/aromatic N) is 3. The molecule has 1 aliphatic carbocycles. The van der Waals surface area contributed by atoms with E-state index in [1.54, 1.807) is 24.3 Å².